The number of nitrogens with one attached hydrogen (secondary N) is 1. The number of nitro groups is 1. The molecule has 1 aromatic carbocycles. The summed E-state index contributed by atoms with van der Waals surface area (Å²) in [5, 5.41) is 17.7. The fourth-order valence-corrected chi connectivity index (χ4v) is 3.59. The molecule has 1 atom stereocenters. The number of nitrogens with zero attached hydrogens (tertiary/aromatic N) is 4. The van der Waals surface area contributed by atoms with Crippen molar-refractivity contribution in [2.24, 2.45) is 0 Å². The van der Waals surface area contributed by atoms with E-state index in [0.717, 1.165) is 11.3 Å². The van der Waals surface area contributed by atoms with Crippen molar-refractivity contribution >= 4 is 27.7 Å². The lowest BCUT2D eigenvalue weighted by Crippen LogP contribution is -2.26. The summed E-state index contributed by atoms with van der Waals surface area (Å²) in [5.41, 5.74) is 2.00. The third kappa shape index (κ3) is 4.58. The number of carbonyl (C=O) groups is 1. The van der Waals surface area contributed by atoms with Gasteiger partial charge in [0.2, 0.25) is 0 Å². The predicted molar refractivity (Wildman–Crippen MR) is 116 cm³/mol. The van der Waals surface area contributed by atoms with Crippen LogP contribution in [0.15, 0.2) is 76.0 Å². The molecule has 0 aliphatic rings. The van der Waals surface area contributed by atoms with Crippen molar-refractivity contribution in [2.75, 3.05) is 0 Å². The van der Waals surface area contributed by atoms with E-state index >= 15 is 0 Å². The normalized spacial score (nSPS) is 11.9. The maximum atomic E-state index is 12.6. The maximum Gasteiger partial charge on any atom is 0.404 e. The number of aromatic nitrogens is 3. The number of furan rings is 1. The molecule has 10 heteroatoms. The molecule has 0 bridgehead atoms. The van der Waals surface area contributed by atoms with Gasteiger partial charge in [0.05, 0.1) is 17.3 Å². The quantitative estimate of drug-likeness (QED) is 0.308. The van der Waals surface area contributed by atoms with Crippen LogP contribution in [0.3, 0.4) is 0 Å². The van der Waals surface area contributed by atoms with E-state index in [-0.39, 0.29) is 34.5 Å². The van der Waals surface area contributed by atoms with Gasteiger partial charge in [0.25, 0.3) is 5.91 Å². The van der Waals surface area contributed by atoms with Gasteiger partial charge in [0.1, 0.15) is 16.8 Å². The van der Waals surface area contributed by atoms with Crippen LogP contribution < -0.4 is 5.32 Å². The molecule has 3 heterocycles. The Hall–Kier alpha value is -3.66. The first-order valence-electron chi connectivity index (χ1n) is 9.41. The summed E-state index contributed by atoms with van der Waals surface area (Å²) in [4.78, 5) is 22.9. The molecule has 31 heavy (non-hydrogen) atoms. The number of amides is 1. The summed E-state index contributed by atoms with van der Waals surface area (Å²) >= 11 is 3.10. The van der Waals surface area contributed by atoms with Crippen molar-refractivity contribution in [3.63, 3.8) is 0 Å². The second kappa shape index (κ2) is 8.60. The van der Waals surface area contributed by atoms with Gasteiger partial charge in [-0.1, -0.05) is 12.1 Å². The average molecular weight is 484 g/mol. The van der Waals surface area contributed by atoms with Crippen LogP contribution in [0.4, 0.5) is 5.82 Å². The smallest absolute Gasteiger partial charge is 0.404 e. The Morgan fingerprint density at radius 3 is 2.58 bits per heavy atom. The van der Waals surface area contributed by atoms with E-state index in [0.29, 0.717) is 5.76 Å². The van der Waals surface area contributed by atoms with Crippen molar-refractivity contribution in [1.82, 2.24) is 19.7 Å². The van der Waals surface area contributed by atoms with Crippen molar-refractivity contribution in [3.05, 3.63) is 98.8 Å². The van der Waals surface area contributed by atoms with Crippen molar-refractivity contribution in [1.29, 1.82) is 0 Å². The Morgan fingerprint density at radius 2 is 1.94 bits per heavy atom. The van der Waals surface area contributed by atoms with Gasteiger partial charge >= 0.3 is 5.82 Å². The molecule has 1 unspecified atom stereocenters. The average Bonchev–Trinajstić information content (AvgIpc) is 3.49. The van der Waals surface area contributed by atoms with Crippen LogP contribution in [0.5, 0.6) is 0 Å². The minimum Gasteiger partial charge on any atom is -0.454 e. The van der Waals surface area contributed by atoms with Gasteiger partial charge < -0.3 is 24.4 Å². The van der Waals surface area contributed by atoms with E-state index in [2.05, 4.69) is 26.3 Å². The molecule has 0 aliphatic heterocycles. The molecule has 158 valence electrons. The van der Waals surface area contributed by atoms with Gasteiger partial charge in [-0.2, -0.15) is 4.68 Å². The zero-order valence-electron chi connectivity index (χ0n) is 16.4. The fraction of sp³-hybridized carbons (Fsp3) is 0.143. The van der Waals surface area contributed by atoms with E-state index < -0.39 is 4.92 Å². The molecule has 0 radical (unpaired) electrons. The minimum absolute atomic E-state index is 0.159. The zero-order valence-corrected chi connectivity index (χ0v) is 18.0. The van der Waals surface area contributed by atoms with E-state index in [1.54, 1.807) is 12.1 Å². The Bertz CT molecular complexity index is 1210. The molecule has 0 saturated heterocycles. The molecule has 1 amide bonds. The Labute approximate surface area is 185 Å². The summed E-state index contributed by atoms with van der Waals surface area (Å²) in [5.74, 6) is -0.00712. The topological polar surface area (TPSA) is 108 Å². The third-order valence-electron chi connectivity index (χ3n) is 4.72. The minimum atomic E-state index is -0.575. The molecular formula is C21H18BrN5O4. The van der Waals surface area contributed by atoms with Crippen LogP contribution >= 0.6 is 15.9 Å². The van der Waals surface area contributed by atoms with Gasteiger partial charge in [-0.3, -0.25) is 4.79 Å². The lowest BCUT2D eigenvalue weighted by molar-refractivity contribution is -0.390. The second-order valence-electron chi connectivity index (χ2n) is 6.90. The van der Waals surface area contributed by atoms with Gasteiger partial charge in [-0.25, -0.2) is 0 Å². The van der Waals surface area contributed by atoms with Crippen LogP contribution in [0.25, 0.3) is 5.69 Å². The Kier molecular flexibility index (Phi) is 5.72. The molecule has 4 rings (SSSR count). The molecule has 9 nitrogen and oxygen atoms in total. The van der Waals surface area contributed by atoms with Crippen molar-refractivity contribution in [3.8, 4) is 5.69 Å². The first kappa shape index (κ1) is 20.6. The highest BCUT2D eigenvalue weighted by Gasteiger charge is 2.20. The summed E-state index contributed by atoms with van der Waals surface area (Å²) in [6.45, 7) is 2.06. The van der Waals surface area contributed by atoms with E-state index in [1.165, 1.54) is 10.9 Å². The highest BCUT2D eigenvalue weighted by atomic mass is 79.9. The number of carbonyl (C=O) groups excluding carboxylic acids is 1. The summed E-state index contributed by atoms with van der Waals surface area (Å²) in [7, 11) is 0. The van der Waals surface area contributed by atoms with Crippen molar-refractivity contribution in [2.45, 2.75) is 19.5 Å². The van der Waals surface area contributed by atoms with E-state index in [9.17, 15) is 14.9 Å². The Balaban J connectivity index is 1.39. The Morgan fingerprint density at radius 1 is 1.23 bits per heavy atom. The maximum absolute atomic E-state index is 12.6. The zero-order chi connectivity index (χ0) is 22.0. The lowest BCUT2D eigenvalue weighted by atomic mass is 10.1. The van der Waals surface area contributed by atoms with Gasteiger partial charge in [-0.15, -0.1) is 0 Å². The summed E-state index contributed by atoms with van der Waals surface area (Å²) in [6.07, 6.45) is 5.42. The fourth-order valence-electron chi connectivity index (χ4n) is 3.13. The number of rotatable bonds is 7. The standard InChI is InChI=1S/C21H18BrN5O4/c1-14(15-4-6-16(7-5-15)25-10-2-3-11-25)23-21(28)19-9-8-17(31-19)12-26-13-18(22)20(24-26)27(29)30/h2-11,13-14H,12H2,1H3,(H,23,28). The highest BCUT2D eigenvalue weighted by Crippen LogP contribution is 2.23. The molecule has 0 spiro atoms. The predicted octanol–water partition coefficient (Wildman–Crippen LogP) is 4.48. The van der Waals surface area contributed by atoms with Gasteiger partial charge in [0, 0.05) is 18.1 Å². The first-order valence-corrected chi connectivity index (χ1v) is 10.2. The van der Waals surface area contributed by atoms with E-state index in [1.807, 2.05) is 60.3 Å². The molecule has 0 fully saturated rings. The first-order chi connectivity index (χ1) is 14.9. The summed E-state index contributed by atoms with van der Waals surface area (Å²) in [6, 6.07) is 14.8. The number of hydrogen-bond donors (Lipinski definition) is 1. The van der Waals surface area contributed by atoms with E-state index in [4.69, 9.17) is 4.42 Å². The summed E-state index contributed by atoms with van der Waals surface area (Å²) < 4.78 is 9.26. The third-order valence-corrected chi connectivity index (χ3v) is 5.28. The van der Waals surface area contributed by atoms with Crippen LogP contribution in [0.2, 0.25) is 0 Å². The molecule has 4 aromatic rings. The monoisotopic (exact) mass is 483 g/mol. The molecule has 3 aromatic heterocycles. The molecule has 0 aliphatic carbocycles. The number of halogens is 1. The number of benzene rings is 1. The SMILES string of the molecule is CC(NC(=O)c1ccc(Cn2cc(Br)c([N+](=O)[O-])n2)o1)c1ccc(-n2cccc2)cc1. The van der Waals surface area contributed by atoms with Gasteiger partial charge in [0.15, 0.2) is 5.76 Å². The molecular weight excluding hydrogens is 466 g/mol. The van der Waals surface area contributed by atoms with Crippen LogP contribution in [0.1, 0.15) is 34.8 Å². The molecule has 1 N–H and O–H groups in total. The molecule has 0 saturated carbocycles. The van der Waals surface area contributed by atoms with Crippen LogP contribution in [0, 0.1) is 10.1 Å². The number of hydrogen-bond acceptors (Lipinski definition) is 5. The second-order valence-corrected chi connectivity index (χ2v) is 7.75. The van der Waals surface area contributed by atoms with Crippen molar-refractivity contribution < 1.29 is 14.1 Å². The largest absolute Gasteiger partial charge is 0.454 e. The highest BCUT2D eigenvalue weighted by molar-refractivity contribution is 9.10. The van der Waals surface area contributed by atoms with Crippen LogP contribution in [-0.4, -0.2) is 25.2 Å². The van der Waals surface area contributed by atoms with Gasteiger partial charge in [-0.05, 0) is 69.7 Å². The lowest BCUT2D eigenvalue weighted by Gasteiger charge is -2.14. The van der Waals surface area contributed by atoms with Crippen LogP contribution in [-0.2, 0) is 6.54 Å².